The molecule has 0 aromatic rings. The van der Waals surface area contributed by atoms with Gasteiger partial charge in [-0.2, -0.15) is 11.8 Å². The molecule has 0 aromatic heterocycles. The fourth-order valence-corrected chi connectivity index (χ4v) is 2.57. The van der Waals surface area contributed by atoms with Gasteiger partial charge < -0.3 is 5.11 Å². The van der Waals surface area contributed by atoms with E-state index in [1.807, 2.05) is 11.8 Å². The summed E-state index contributed by atoms with van der Waals surface area (Å²) in [5.41, 5.74) is -0.419. The van der Waals surface area contributed by atoms with Gasteiger partial charge in [-0.1, -0.05) is 34.1 Å². The van der Waals surface area contributed by atoms with Crippen molar-refractivity contribution in [3.63, 3.8) is 0 Å². The van der Waals surface area contributed by atoms with E-state index in [2.05, 4.69) is 27.7 Å². The van der Waals surface area contributed by atoms with Gasteiger partial charge in [0.05, 0.1) is 5.60 Å². The van der Waals surface area contributed by atoms with Crippen LogP contribution >= 0.6 is 11.8 Å². The van der Waals surface area contributed by atoms with Crippen molar-refractivity contribution >= 4 is 11.8 Å². The van der Waals surface area contributed by atoms with Crippen LogP contribution in [0.1, 0.15) is 47.0 Å². The van der Waals surface area contributed by atoms with E-state index < -0.39 is 5.60 Å². The van der Waals surface area contributed by atoms with Crippen LogP contribution in [0.15, 0.2) is 0 Å². The van der Waals surface area contributed by atoms with Crippen molar-refractivity contribution in [2.45, 2.75) is 52.6 Å². The molecule has 1 nitrogen and oxygen atoms in total. The van der Waals surface area contributed by atoms with E-state index in [9.17, 15) is 5.11 Å². The van der Waals surface area contributed by atoms with Crippen molar-refractivity contribution in [1.82, 2.24) is 0 Å². The van der Waals surface area contributed by atoms with E-state index in [1.165, 1.54) is 12.2 Å². The molecular formula is C11H24OS. The summed E-state index contributed by atoms with van der Waals surface area (Å²) in [7, 11) is 0. The largest absolute Gasteiger partial charge is 0.389 e. The SMILES string of the molecule is CCC(C)CSCC(O)(CC)CC. The van der Waals surface area contributed by atoms with Crippen LogP contribution in [0.25, 0.3) is 0 Å². The Morgan fingerprint density at radius 3 is 2.15 bits per heavy atom. The lowest BCUT2D eigenvalue weighted by atomic mass is 10.0. The monoisotopic (exact) mass is 204 g/mol. The molecule has 1 N–H and O–H groups in total. The Morgan fingerprint density at radius 1 is 1.23 bits per heavy atom. The number of rotatable bonds is 7. The van der Waals surface area contributed by atoms with E-state index in [0.717, 1.165) is 24.5 Å². The molecule has 0 saturated carbocycles. The summed E-state index contributed by atoms with van der Waals surface area (Å²) in [5, 5.41) is 9.99. The highest BCUT2D eigenvalue weighted by molar-refractivity contribution is 7.99. The highest BCUT2D eigenvalue weighted by atomic mass is 32.2. The fraction of sp³-hybridized carbons (Fsp3) is 1.00. The van der Waals surface area contributed by atoms with Crippen molar-refractivity contribution in [3.8, 4) is 0 Å². The third kappa shape index (κ3) is 5.58. The average molecular weight is 204 g/mol. The summed E-state index contributed by atoms with van der Waals surface area (Å²) < 4.78 is 0. The highest BCUT2D eigenvalue weighted by Gasteiger charge is 2.21. The molecule has 0 aliphatic carbocycles. The quantitative estimate of drug-likeness (QED) is 0.686. The lowest BCUT2D eigenvalue weighted by Gasteiger charge is -2.25. The first kappa shape index (κ1) is 13.3. The van der Waals surface area contributed by atoms with Crippen LogP contribution in [0.4, 0.5) is 0 Å². The number of hydrogen-bond acceptors (Lipinski definition) is 2. The van der Waals surface area contributed by atoms with Gasteiger partial charge in [-0.05, 0) is 24.5 Å². The number of hydrogen-bond donors (Lipinski definition) is 1. The van der Waals surface area contributed by atoms with Crippen molar-refractivity contribution < 1.29 is 5.11 Å². The van der Waals surface area contributed by atoms with Gasteiger partial charge in [0.2, 0.25) is 0 Å². The molecule has 80 valence electrons. The lowest BCUT2D eigenvalue weighted by Crippen LogP contribution is -2.30. The van der Waals surface area contributed by atoms with Gasteiger partial charge >= 0.3 is 0 Å². The van der Waals surface area contributed by atoms with E-state index in [-0.39, 0.29) is 0 Å². The predicted molar refractivity (Wildman–Crippen MR) is 62.3 cm³/mol. The average Bonchev–Trinajstić information content (AvgIpc) is 2.17. The van der Waals surface area contributed by atoms with Gasteiger partial charge in [-0.15, -0.1) is 0 Å². The molecule has 1 atom stereocenters. The molecule has 2 heteroatoms. The summed E-state index contributed by atoms with van der Waals surface area (Å²) in [6.45, 7) is 8.61. The van der Waals surface area contributed by atoms with Crippen LogP contribution < -0.4 is 0 Å². The molecule has 0 heterocycles. The van der Waals surface area contributed by atoms with Crippen LogP contribution in [0.2, 0.25) is 0 Å². The van der Waals surface area contributed by atoms with E-state index in [0.29, 0.717) is 0 Å². The van der Waals surface area contributed by atoms with Crippen LogP contribution in [0, 0.1) is 5.92 Å². The van der Waals surface area contributed by atoms with E-state index in [4.69, 9.17) is 0 Å². The third-order valence-corrected chi connectivity index (χ3v) is 4.33. The molecule has 0 amide bonds. The first-order valence-corrected chi connectivity index (χ1v) is 6.53. The molecule has 0 spiro atoms. The van der Waals surface area contributed by atoms with Gasteiger partial charge in [-0.25, -0.2) is 0 Å². The zero-order chi connectivity index (χ0) is 10.3. The summed E-state index contributed by atoms with van der Waals surface area (Å²) in [6.07, 6.45) is 2.98. The van der Waals surface area contributed by atoms with Gasteiger partial charge in [0.15, 0.2) is 0 Å². The second-order valence-electron chi connectivity index (χ2n) is 3.96. The number of aliphatic hydroxyl groups is 1. The minimum absolute atomic E-state index is 0.419. The Morgan fingerprint density at radius 2 is 1.77 bits per heavy atom. The fourth-order valence-electron chi connectivity index (χ4n) is 1.02. The first-order valence-electron chi connectivity index (χ1n) is 5.38. The Kier molecular flexibility index (Phi) is 6.88. The van der Waals surface area contributed by atoms with E-state index in [1.54, 1.807) is 0 Å². The first-order chi connectivity index (χ1) is 6.08. The highest BCUT2D eigenvalue weighted by Crippen LogP contribution is 2.22. The topological polar surface area (TPSA) is 20.2 Å². The molecule has 0 aromatic carbocycles. The number of thioether (sulfide) groups is 1. The molecule has 0 aliphatic heterocycles. The smallest absolute Gasteiger partial charge is 0.0732 e. The van der Waals surface area contributed by atoms with Crippen LogP contribution in [-0.4, -0.2) is 22.2 Å². The standard InChI is InChI=1S/C11H24OS/c1-5-10(4)8-13-9-11(12,6-2)7-3/h10,12H,5-9H2,1-4H3. The maximum absolute atomic E-state index is 9.99. The Balaban J connectivity index is 3.61. The van der Waals surface area contributed by atoms with Crippen molar-refractivity contribution in [2.75, 3.05) is 11.5 Å². The third-order valence-electron chi connectivity index (χ3n) is 2.79. The molecular weight excluding hydrogens is 180 g/mol. The summed E-state index contributed by atoms with van der Waals surface area (Å²) in [5.74, 6) is 2.85. The minimum Gasteiger partial charge on any atom is -0.389 e. The van der Waals surface area contributed by atoms with Crippen LogP contribution in [0.5, 0.6) is 0 Å². The molecule has 13 heavy (non-hydrogen) atoms. The Hall–Kier alpha value is 0.310. The maximum atomic E-state index is 9.99. The molecule has 0 rings (SSSR count). The zero-order valence-corrected chi connectivity index (χ0v) is 10.3. The van der Waals surface area contributed by atoms with Crippen molar-refractivity contribution in [2.24, 2.45) is 5.92 Å². The molecule has 0 bridgehead atoms. The molecule has 0 saturated heterocycles. The van der Waals surface area contributed by atoms with Gasteiger partial charge in [0.1, 0.15) is 0 Å². The van der Waals surface area contributed by atoms with Crippen molar-refractivity contribution in [3.05, 3.63) is 0 Å². The van der Waals surface area contributed by atoms with Gasteiger partial charge in [0.25, 0.3) is 0 Å². The Labute approximate surface area is 87.3 Å². The second-order valence-corrected chi connectivity index (χ2v) is 4.99. The zero-order valence-electron chi connectivity index (χ0n) is 9.47. The van der Waals surface area contributed by atoms with E-state index >= 15 is 0 Å². The molecule has 0 fully saturated rings. The molecule has 0 radical (unpaired) electrons. The summed E-state index contributed by atoms with van der Waals surface area (Å²) in [6, 6.07) is 0. The summed E-state index contributed by atoms with van der Waals surface area (Å²) in [4.78, 5) is 0. The second kappa shape index (κ2) is 6.72. The maximum Gasteiger partial charge on any atom is 0.0732 e. The van der Waals surface area contributed by atoms with Crippen LogP contribution in [-0.2, 0) is 0 Å². The van der Waals surface area contributed by atoms with Crippen molar-refractivity contribution in [1.29, 1.82) is 0 Å². The van der Waals surface area contributed by atoms with Gasteiger partial charge in [0, 0.05) is 5.75 Å². The predicted octanol–water partition coefficient (Wildman–Crippen LogP) is 3.32. The molecule has 0 aliphatic rings. The summed E-state index contributed by atoms with van der Waals surface area (Å²) >= 11 is 1.89. The lowest BCUT2D eigenvalue weighted by molar-refractivity contribution is 0.0571. The Bertz CT molecular complexity index is 121. The minimum atomic E-state index is -0.419. The van der Waals surface area contributed by atoms with Gasteiger partial charge in [-0.3, -0.25) is 0 Å². The normalized spacial score (nSPS) is 14.5. The molecule has 1 unspecified atom stereocenters. The van der Waals surface area contributed by atoms with Crippen LogP contribution in [0.3, 0.4) is 0 Å².